The molecule has 0 unspecified atom stereocenters. The van der Waals surface area contributed by atoms with Crippen LogP contribution in [-0.4, -0.2) is 29.7 Å². The van der Waals surface area contributed by atoms with Gasteiger partial charge in [0.15, 0.2) is 5.82 Å². The Kier molecular flexibility index (Phi) is 3.07. The summed E-state index contributed by atoms with van der Waals surface area (Å²) in [5, 5.41) is 3.67. The van der Waals surface area contributed by atoms with E-state index in [0.29, 0.717) is 0 Å². The molecule has 2 heterocycles. The maximum Gasteiger partial charge on any atom is 0.256 e. The highest BCUT2D eigenvalue weighted by atomic mass is 35.5. The van der Waals surface area contributed by atoms with Gasteiger partial charge in [0.1, 0.15) is 24.3 Å². The topological polar surface area (TPSA) is 69.4 Å². The van der Waals surface area contributed by atoms with Gasteiger partial charge >= 0.3 is 0 Å². The lowest BCUT2D eigenvalue weighted by molar-refractivity contribution is 0.601. The molecule has 0 radical (unpaired) electrons. The number of halogens is 3. The molecule has 2 aromatic heterocycles. The van der Waals surface area contributed by atoms with Crippen molar-refractivity contribution < 1.29 is 8.78 Å². The predicted octanol–water partition coefficient (Wildman–Crippen LogP) is 2.05. The van der Waals surface area contributed by atoms with E-state index in [1.165, 1.54) is 17.3 Å². The van der Waals surface area contributed by atoms with Crippen molar-refractivity contribution in [3.8, 4) is 17.3 Å². The van der Waals surface area contributed by atoms with Crippen LogP contribution in [0, 0.1) is 11.6 Å². The Balaban J connectivity index is 2.17. The fraction of sp³-hybridized carbons (Fsp3) is 0. The van der Waals surface area contributed by atoms with Gasteiger partial charge in [0.25, 0.3) is 5.95 Å². The zero-order valence-corrected chi connectivity index (χ0v) is 10.5. The minimum Gasteiger partial charge on any atom is -0.223 e. The van der Waals surface area contributed by atoms with Crippen LogP contribution in [0.3, 0.4) is 0 Å². The summed E-state index contributed by atoms with van der Waals surface area (Å²) < 4.78 is 28.2. The first-order valence-corrected chi connectivity index (χ1v) is 5.73. The first-order valence-electron chi connectivity index (χ1n) is 5.35. The molecule has 9 heteroatoms. The van der Waals surface area contributed by atoms with E-state index < -0.39 is 11.6 Å². The van der Waals surface area contributed by atoms with Crippen LogP contribution in [0.4, 0.5) is 8.78 Å². The van der Waals surface area contributed by atoms with Crippen LogP contribution in [0.5, 0.6) is 0 Å². The van der Waals surface area contributed by atoms with Crippen molar-refractivity contribution in [2.24, 2.45) is 0 Å². The molecule has 20 heavy (non-hydrogen) atoms. The molecule has 0 saturated heterocycles. The molecule has 0 aliphatic rings. The Morgan fingerprint density at radius 1 is 1.10 bits per heavy atom. The molecule has 0 aliphatic carbocycles. The van der Waals surface area contributed by atoms with Crippen LogP contribution >= 0.6 is 11.6 Å². The van der Waals surface area contributed by atoms with E-state index in [-0.39, 0.29) is 22.6 Å². The molecule has 1 aromatic carbocycles. The third-order valence-electron chi connectivity index (χ3n) is 2.39. The lowest BCUT2D eigenvalue weighted by Gasteiger charge is -2.05. The molecule has 0 fully saturated rings. The van der Waals surface area contributed by atoms with Gasteiger partial charge in [-0.2, -0.15) is 24.7 Å². The largest absolute Gasteiger partial charge is 0.256 e. The second-order valence-corrected chi connectivity index (χ2v) is 4.03. The Hall–Kier alpha value is -2.48. The van der Waals surface area contributed by atoms with Gasteiger partial charge in [0.2, 0.25) is 5.28 Å². The molecule has 100 valence electrons. The molecule has 0 N–H and O–H groups in total. The molecule has 6 nitrogen and oxygen atoms in total. The zero-order valence-electron chi connectivity index (χ0n) is 9.70. The van der Waals surface area contributed by atoms with Crippen molar-refractivity contribution >= 4 is 11.6 Å². The summed E-state index contributed by atoms with van der Waals surface area (Å²) in [6, 6.07) is 2.96. The van der Waals surface area contributed by atoms with Gasteiger partial charge in [-0.15, -0.1) is 0 Å². The first kappa shape index (κ1) is 12.5. The Bertz CT molecular complexity index is 762. The first-order chi connectivity index (χ1) is 9.63. The molecule has 0 amide bonds. The highest BCUT2D eigenvalue weighted by Gasteiger charge is 2.13. The van der Waals surface area contributed by atoms with Gasteiger partial charge in [0.05, 0.1) is 5.56 Å². The lowest BCUT2D eigenvalue weighted by atomic mass is 10.2. The normalized spacial score (nSPS) is 10.8. The molecule has 0 atom stereocenters. The van der Waals surface area contributed by atoms with Crippen molar-refractivity contribution in [2.75, 3.05) is 0 Å². The highest BCUT2D eigenvalue weighted by Crippen LogP contribution is 2.21. The van der Waals surface area contributed by atoms with Gasteiger partial charge in [0, 0.05) is 0 Å². The van der Waals surface area contributed by atoms with E-state index in [0.717, 1.165) is 18.2 Å². The summed E-state index contributed by atoms with van der Waals surface area (Å²) in [6.45, 7) is 0. The van der Waals surface area contributed by atoms with Gasteiger partial charge in [-0.3, -0.25) is 0 Å². The van der Waals surface area contributed by atoms with Gasteiger partial charge in [-0.1, -0.05) is 0 Å². The average Bonchev–Trinajstić information content (AvgIpc) is 2.95. The van der Waals surface area contributed by atoms with Gasteiger partial charge in [-0.25, -0.2) is 13.8 Å². The van der Waals surface area contributed by atoms with E-state index in [1.807, 2.05) is 0 Å². The third-order valence-corrected chi connectivity index (χ3v) is 2.56. The number of rotatable bonds is 2. The van der Waals surface area contributed by atoms with Crippen LogP contribution in [0.25, 0.3) is 17.3 Å². The lowest BCUT2D eigenvalue weighted by Crippen LogP contribution is -2.05. The predicted molar refractivity (Wildman–Crippen MR) is 65.1 cm³/mol. The number of benzene rings is 1. The summed E-state index contributed by atoms with van der Waals surface area (Å²) in [7, 11) is 0. The number of hydrogen-bond acceptors (Lipinski definition) is 5. The highest BCUT2D eigenvalue weighted by molar-refractivity contribution is 6.28. The van der Waals surface area contributed by atoms with E-state index in [4.69, 9.17) is 11.6 Å². The number of aromatic nitrogens is 6. The molecule has 0 spiro atoms. The van der Waals surface area contributed by atoms with Crippen LogP contribution in [0.2, 0.25) is 5.28 Å². The second-order valence-electron chi connectivity index (χ2n) is 3.69. The van der Waals surface area contributed by atoms with E-state index >= 15 is 0 Å². The van der Waals surface area contributed by atoms with Crippen LogP contribution in [-0.2, 0) is 0 Å². The smallest absolute Gasteiger partial charge is 0.223 e. The second kappa shape index (κ2) is 4.89. The van der Waals surface area contributed by atoms with Crippen molar-refractivity contribution in [3.63, 3.8) is 0 Å². The summed E-state index contributed by atoms with van der Waals surface area (Å²) in [4.78, 5) is 15.4. The minimum absolute atomic E-state index is 0.0566. The number of nitrogens with zero attached hydrogens (tertiary/aromatic N) is 6. The Labute approximate surface area is 116 Å². The molecule has 3 rings (SSSR count). The fourth-order valence-electron chi connectivity index (χ4n) is 1.54. The van der Waals surface area contributed by atoms with Crippen molar-refractivity contribution in [1.29, 1.82) is 0 Å². The molecule has 0 bridgehead atoms. The summed E-state index contributed by atoms with van der Waals surface area (Å²) >= 11 is 5.77. The SMILES string of the molecule is Fc1ccc(F)c(-c2nc(Cl)nc(-n3cncn3)n2)c1. The summed E-state index contributed by atoms with van der Waals surface area (Å²) in [6.07, 6.45) is 2.62. The molecular formula is C11H5ClF2N6. The van der Waals surface area contributed by atoms with Gasteiger partial charge in [-0.05, 0) is 29.8 Å². The maximum absolute atomic E-state index is 13.7. The molecule has 0 saturated carbocycles. The average molecular weight is 295 g/mol. The fourth-order valence-corrected chi connectivity index (χ4v) is 1.70. The van der Waals surface area contributed by atoms with Crippen LogP contribution in [0.1, 0.15) is 0 Å². The summed E-state index contributed by atoms with van der Waals surface area (Å²) in [5.41, 5.74) is -0.115. The van der Waals surface area contributed by atoms with Crippen LogP contribution in [0.15, 0.2) is 30.9 Å². The van der Waals surface area contributed by atoms with Gasteiger partial charge < -0.3 is 0 Å². The van der Waals surface area contributed by atoms with Crippen molar-refractivity contribution in [3.05, 3.63) is 47.8 Å². The molecular weight excluding hydrogens is 290 g/mol. The Morgan fingerprint density at radius 2 is 1.95 bits per heavy atom. The maximum atomic E-state index is 13.7. The van der Waals surface area contributed by atoms with E-state index in [9.17, 15) is 8.78 Å². The third kappa shape index (κ3) is 2.32. The Morgan fingerprint density at radius 3 is 2.70 bits per heavy atom. The standard InChI is InChI=1S/C11H5ClF2N6/c12-10-17-9(7-3-6(13)1-2-8(7)14)18-11(19-10)20-5-15-4-16-20/h1-5H. The summed E-state index contributed by atoms with van der Waals surface area (Å²) in [5.74, 6) is -1.31. The minimum atomic E-state index is -0.668. The van der Waals surface area contributed by atoms with E-state index in [1.54, 1.807) is 0 Å². The van der Waals surface area contributed by atoms with Crippen LogP contribution < -0.4 is 0 Å². The van der Waals surface area contributed by atoms with Crippen molar-refractivity contribution in [2.45, 2.75) is 0 Å². The number of hydrogen-bond donors (Lipinski definition) is 0. The monoisotopic (exact) mass is 294 g/mol. The molecule has 3 aromatic rings. The molecule has 0 aliphatic heterocycles. The van der Waals surface area contributed by atoms with E-state index in [2.05, 4.69) is 25.0 Å². The quantitative estimate of drug-likeness (QED) is 0.723. The zero-order chi connectivity index (χ0) is 14.1. The van der Waals surface area contributed by atoms with Crippen molar-refractivity contribution in [1.82, 2.24) is 29.7 Å².